The van der Waals surface area contributed by atoms with E-state index in [-0.39, 0.29) is 17.4 Å². The highest BCUT2D eigenvalue weighted by molar-refractivity contribution is 5.80. The summed E-state index contributed by atoms with van der Waals surface area (Å²) in [7, 11) is 0. The average molecular weight is 258 g/mol. The summed E-state index contributed by atoms with van der Waals surface area (Å²) in [4.78, 5) is 12.4. The fraction of sp³-hybridized carbons (Fsp3) is 0.562. The van der Waals surface area contributed by atoms with Gasteiger partial charge in [0.25, 0.3) is 0 Å². The highest BCUT2D eigenvalue weighted by Gasteiger charge is 2.41. The van der Waals surface area contributed by atoms with Crippen LogP contribution in [0.5, 0.6) is 0 Å². The number of benzene rings is 1. The molecule has 1 aromatic carbocycles. The molecular weight excluding hydrogens is 236 g/mol. The van der Waals surface area contributed by atoms with Crippen molar-refractivity contribution in [1.82, 2.24) is 10.6 Å². The van der Waals surface area contributed by atoms with E-state index in [4.69, 9.17) is 0 Å². The van der Waals surface area contributed by atoms with E-state index in [0.29, 0.717) is 5.92 Å². The summed E-state index contributed by atoms with van der Waals surface area (Å²) < 4.78 is 0. The molecule has 1 atom stereocenters. The Labute approximate surface area is 114 Å². The van der Waals surface area contributed by atoms with Crippen LogP contribution in [0.25, 0.3) is 0 Å². The molecule has 1 heterocycles. The Hall–Kier alpha value is -1.35. The molecule has 3 rings (SSSR count). The van der Waals surface area contributed by atoms with Gasteiger partial charge < -0.3 is 10.6 Å². The molecule has 0 bridgehead atoms. The standard InChI is InChI=1S/C16H22N2O/c1-12(13-10-17-11-13)15(19)18-16(8-5-9-16)14-6-3-2-4-7-14/h2-4,6-7,12-13,17H,5,8-11H2,1H3,(H,18,19). The fourth-order valence-corrected chi connectivity index (χ4v) is 3.00. The van der Waals surface area contributed by atoms with E-state index in [0.717, 1.165) is 25.9 Å². The number of amides is 1. The summed E-state index contributed by atoms with van der Waals surface area (Å²) in [6, 6.07) is 10.4. The second-order valence-electron chi connectivity index (χ2n) is 6.00. The third kappa shape index (κ3) is 2.27. The van der Waals surface area contributed by atoms with Crippen molar-refractivity contribution < 1.29 is 4.79 Å². The normalized spacial score (nSPS) is 23.0. The zero-order chi connectivity index (χ0) is 13.3. The molecule has 1 aromatic rings. The van der Waals surface area contributed by atoms with Crippen molar-refractivity contribution in [3.63, 3.8) is 0 Å². The van der Waals surface area contributed by atoms with E-state index in [1.807, 2.05) is 6.07 Å². The van der Waals surface area contributed by atoms with Crippen LogP contribution >= 0.6 is 0 Å². The Morgan fingerprint density at radius 3 is 2.47 bits per heavy atom. The summed E-state index contributed by atoms with van der Waals surface area (Å²) in [5, 5.41) is 6.57. The van der Waals surface area contributed by atoms with Crippen LogP contribution in [0.15, 0.2) is 30.3 Å². The van der Waals surface area contributed by atoms with Crippen molar-refractivity contribution in [2.75, 3.05) is 13.1 Å². The molecule has 2 aliphatic rings. The summed E-state index contributed by atoms with van der Waals surface area (Å²) in [6.45, 7) is 4.01. The van der Waals surface area contributed by atoms with Gasteiger partial charge in [-0.15, -0.1) is 0 Å². The first-order valence-electron chi connectivity index (χ1n) is 7.29. The van der Waals surface area contributed by atoms with Crippen LogP contribution in [0.2, 0.25) is 0 Å². The van der Waals surface area contributed by atoms with E-state index >= 15 is 0 Å². The van der Waals surface area contributed by atoms with Crippen LogP contribution in [-0.2, 0) is 10.3 Å². The average Bonchev–Trinajstić information content (AvgIpc) is 2.32. The smallest absolute Gasteiger partial charge is 0.223 e. The first-order valence-corrected chi connectivity index (χ1v) is 7.29. The summed E-state index contributed by atoms with van der Waals surface area (Å²) in [6.07, 6.45) is 3.34. The van der Waals surface area contributed by atoms with E-state index in [1.54, 1.807) is 0 Å². The summed E-state index contributed by atoms with van der Waals surface area (Å²) in [5.41, 5.74) is 1.16. The summed E-state index contributed by atoms with van der Waals surface area (Å²) >= 11 is 0. The Kier molecular flexibility index (Phi) is 3.31. The molecule has 3 nitrogen and oxygen atoms in total. The van der Waals surface area contributed by atoms with Crippen molar-refractivity contribution in [3.05, 3.63) is 35.9 Å². The van der Waals surface area contributed by atoms with Gasteiger partial charge in [-0.25, -0.2) is 0 Å². The van der Waals surface area contributed by atoms with Gasteiger partial charge in [0.05, 0.1) is 5.54 Å². The molecule has 19 heavy (non-hydrogen) atoms. The zero-order valence-electron chi connectivity index (χ0n) is 11.5. The van der Waals surface area contributed by atoms with Crippen molar-refractivity contribution in [1.29, 1.82) is 0 Å². The number of rotatable bonds is 4. The lowest BCUT2D eigenvalue weighted by molar-refractivity contribution is -0.130. The second kappa shape index (κ2) is 4.97. The second-order valence-corrected chi connectivity index (χ2v) is 6.00. The maximum absolute atomic E-state index is 12.4. The van der Waals surface area contributed by atoms with Crippen LogP contribution in [-0.4, -0.2) is 19.0 Å². The summed E-state index contributed by atoms with van der Waals surface area (Å²) in [5.74, 6) is 0.838. The first-order chi connectivity index (χ1) is 9.21. The van der Waals surface area contributed by atoms with Gasteiger partial charge in [-0.2, -0.15) is 0 Å². The molecule has 1 aliphatic heterocycles. The lowest BCUT2D eigenvalue weighted by Gasteiger charge is -2.44. The van der Waals surface area contributed by atoms with Gasteiger partial charge in [0.1, 0.15) is 0 Å². The molecule has 1 amide bonds. The molecule has 1 aliphatic carbocycles. The Morgan fingerprint density at radius 1 is 1.32 bits per heavy atom. The van der Waals surface area contributed by atoms with Gasteiger partial charge >= 0.3 is 0 Å². The van der Waals surface area contributed by atoms with Gasteiger partial charge in [-0.1, -0.05) is 37.3 Å². The molecule has 0 radical (unpaired) electrons. The van der Waals surface area contributed by atoms with Gasteiger partial charge in [0.2, 0.25) is 5.91 Å². The molecule has 102 valence electrons. The minimum atomic E-state index is -0.0935. The van der Waals surface area contributed by atoms with E-state index in [9.17, 15) is 4.79 Å². The molecule has 2 fully saturated rings. The van der Waals surface area contributed by atoms with E-state index < -0.39 is 0 Å². The predicted octanol–water partition coefficient (Wildman–Crippen LogP) is 2.04. The number of carbonyl (C=O) groups excluding carboxylic acids is 1. The molecule has 1 saturated heterocycles. The van der Waals surface area contributed by atoms with Crippen molar-refractivity contribution in [2.24, 2.45) is 11.8 Å². The Balaban J connectivity index is 1.71. The molecule has 1 unspecified atom stereocenters. The van der Waals surface area contributed by atoms with Crippen LogP contribution < -0.4 is 10.6 Å². The maximum Gasteiger partial charge on any atom is 0.223 e. The van der Waals surface area contributed by atoms with Crippen LogP contribution in [0.4, 0.5) is 0 Å². The Bertz CT molecular complexity index is 449. The number of nitrogens with one attached hydrogen (secondary N) is 2. The van der Waals surface area contributed by atoms with Crippen LogP contribution in [0.3, 0.4) is 0 Å². The third-order valence-corrected chi connectivity index (χ3v) is 4.83. The fourth-order valence-electron chi connectivity index (χ4n) is 3.00. The molecule has 0 spiro atoms. The molecule has 1 saturated carbocycles. The molecule has 3 heteroatoms. The van der Waals surface area contributed by atoms with Crippen molar-refractivity contribution in [2.45, 2.75) is 31.7 Å². The Morgan fingerprint density at radius 2 is 2.00 bits per heavy atom. The molecule has 0 aromatic heterocycles. The van der Waals surface area contributed by atoms with Crippen LogP contribution in [0.1, 0.15) is 31.7 Å². The van der Waals surface area contributed by atoms with Gasteiger partial charge in [0, 0.05) is 5.92 Å². The number of carbonyl (C=O) groups is 1. The van der Waals surface area contributed by atoms with Gasteiger partial charge in [-0.3, -0.25) is 4.79 Å². The van der Waals surface area contributed by atoms with Crippen LogP contribution in [0, 0.1) is 11.8 Å². The highest BCUT2D eigenvalue weighted by atomic mass is 16.2. The molecular formula is C16H22N2O. The predicted molar refractivity (Wildman–Crippen MR) is 75.6 cm³/mol. The number of hydrogen-bond donors (Lipinski definition) is 2. The topological polar surface area (TPSA) is 41.1 Å². The minimum Gasteiger partial charge on any atom is -0.346 e. The largest absolute Gasteiger partial charge is 0.346 e. The van der Waals surface area contributed by atoms with Crippen molar-refractivity contribution in [3.8, 4) is 0 Å². The first kappa shape index (κ1) is 12.7. The zero-order valence-corrected chi connectivity index (χ0v) is 11.5. The quantitative estimate of drug-likeness (QED) is 0.867. The van der Waals surface area contributed by atoms with Crippen molar-refractivity contribution >= 4 is 5.91 Å². The van der Waals surface area contributed by atoms with Gasteiger partial charge in [-0.05, 0) is 43.8 Å². The molecule has 2 N–H and O–H groups in total. The lowest BCUT2D eigenvalue weighted by atomic mass is 9.71. The highest BCUT2D eigenvalue weighted by Crippen LogP contribution is 2.41. The lowest BCUT2D eigenvalue weighted by Crippen LogP contribution is -2.56. The monoisotopic (exact) mass is 258 g/mol. The minimum absolute atomic E-state index is 0.0935. The maximum atomic E-state index is 12.4. The van der Waals surface area contributed by atoms with Gasteiger partial charge in [0.15, 0.2) is 0 Å². The SMILES string of the molecule is CC(C(=O)NC1(c2ccccc2)CCC1)C1CNC1. The van der Waals surface area contributed by atoms with E-state index in [2.05, 4.69) is 41.8 Å². The van der Waals surface area contributed by atoms with E-state index in [1.165, 1.54) is 12.0 Å². The number of hydrogen-bond acceptors (Lipinski definition) is 2. The third-order valence-electron chi connectivity index (χ3n) is 4.83.